The molecule has 0 saturated carbocycles. The molecule has 0 aromatic heterocycles. The molecule has 1 atom stereocenters. The van der Waals surface area contributed by atoms with Crippen LogP contribution in [-0.2, 0) is 4.74 Å². The summed E-state index contributed by atoms with van der Waals surface area (Å²) in [6, 6.07) is 0.670. The summed E-state index contributed by atoms with van der Waals surface area (Å²) in [5.41, 5.74) is 0. The Balaban J connectivity index is 2.34. The third kappa shape index (κ3) is 2.80. The number of rotatable bonds is 1. The molecule has 1 aliphatic heterocycles. The summed E-state index contributed by atoms with van der Waals surface area (Å²) >= 11 is 0. The average molecular weight is 157 g/mol. The highest BCUT2D eigenvalue weighted by atomic mass is 16.5. The molecule has 1 heterocycles. The molecule has 1 aliphatic rings. The van der Waals surface area contributed by atoms with E-state index in [2.05, 4.69) is 25.7 Å². The molecule has 1 saturated heterocycles. The van der Waals surface area contributed by atoms with Crippen LogP contribution in [0.4, 0.5) is 0 Å². The van der Waals surface area contributed by atoms with Crippen LogP contribution in [0.2, 0.25) is 0 Å². The maximum absolute atomic E-state index is 5.54. The fourth-order valence-electron chi connectivity index (χ4n) is 1.43. The smallest absolute Gasteiger partial charge is 0.0597 e. The highest BCUT2D eigenvalue weighted by Crippen LogP contribution is 2.08. The number of nitrogens with zero attached hydrogens (tertiary/aromatic N) is 1. The molecule has 0 spiro atoms. The molecule has 0 unspecified atom stereocenters. The second-order valence-electron chi connectivity index (χ2n) is 3.60. The molecular weight excluding hydrogens is 138 g/mol. The first-order valence-corrected chi connectivity index (χ1v) is 4.56. The average Bonchev–Trinajstić information content (AvgIpc) is 2.13. The van der Waals surface area contributed by atoms with Gasteiger partial charge in [0.1, 0.15) is 0 Å². The molecule has 2 heteroatoms. The normalized spacial score (nSPS) is 28.9. The fourth-order valence-corrected chi connectivity index (χ4v) is 1.43. The molecule has 0 radical (unpaired) electrons. The van der Waals surface area contributed by atoms with Crippen molar-refractivity contribution >= 4 is 0 Å². The van der Waals surface area contributed by atoms with Gasteiger partial charge in [0.25, 0.3) is 0 Å². The third-order valence-electron chi connectivity index (χ3n) is 2.33. The molecule has 0 bridgehead atoms. The lowest BCUT2D eigenvalue weighted by Gasteiger charge is -2.23. The lowest BCUT2D eigenvalue weighted by atomic mass is 10.2. The summed E-state index contributed by atoms with van der Waals surface area (Å²) in [6.45, 7) is 9.84. The van der Waals surface area contributed by atoms with Crippen LogP contribution >= 0.6 is 0 Å². The summed E-state index contributed by atoms with van der Waals surface area (Å²) < 4.78 is 5.54. The Morgan fingerprint density at radius 3 is 2.73 bits per heavy atom. The molecule has 11 heavy (non-hydrogen) atoms. The van der Waals surface area contributed by atoms with Crippen molar-refractivity contribution < 1.29 is 4.74 Å². The minimum absolute atomic E-state index is 0.457. The lowest BCUT2D eigenvalue weighted by Crippen LogP contribution is -2.32. The van der Waals surface area contributed by atoms with Crippen molar-refractivity contribution in [1.29, 1.82) is 0 Å². The Hall–Kier alpha value is -0.0800. The Labute approximate surface area is 69.5 Å². The minimum atomic E-state index is 0.457. The van der Waals surface area contributed by atoms with Crippen molar-refractivity contribution in [2.24, 2.45) is 0 Å². The van der Waals surface area contributed by atoms with Gasteiger partial charge in [0.2, 0.25) is 0 Å². The van der Waals surface area contributed by atoms with E-state index in [1.165, 1.54) is 13.0 Å². The predicted molar refractivity (Wildman–Crippen MR) is 46.7 cm³/mol. The van der Waals surface area contributed by atoms with E-state index in [1.54, 1.807) is 0 Å². The van der Waals surface area contributed by atoms with E-state index in [4.69, 9.17) is 4.74 Å². The van der Waals surface area contributed by atoms with E-state index in [0.717, 1.165) is 13.2 Å². The summed E-state index contributed by atoms with van der Waals surface area (Å²) in [4.78, 5) is 2.48. The first-order valence-electron chi connectivity index (χ1n) is 4.56. The second kappa shape index (κ2) is 4.07. The van der Waals surface area contributed by atoms with E-state index in [1.807, 2.05) is 0 Å². The quantitative estimate of drug-likeness (QED) is 0.572. The number of ether oxygens (including phenoxy) is 1. The van der Waals surface area contributed by atoms with Crippen LogP contribution in [0, 0.1) is 0 Å². The van der Waals surface area contributed by atoms with Gasteiger partial charge >= 0.3 is 0 Å². The van der Waals surface area contributed by atoms with Crippen LogP contribution in [0.3, 0.4) is 0 Å². The van der Waals surface area contributed by atoms with Crippen molar-refractivity contribution in [3.05, 3.63) is 0 Å². The molecule has 0 N–H and O–H groups in total. The van der Waals surface area contributed by atoms with Crippen molar-refractivity contribution in [2.75, 3.05) is 19.7 Å². The van der Waals surface area contributed by atoms with Gasteiger partial charge in [0.15, 0.2) is 0 Å². The lowest BCUT2D eigenvalue weighted by molar-refractivity contribution is 0.0738. The molecule has 0 aromatic carbocycles. The summed E-state index contributed by atoms with van der Waals surface area (Å²) in [5, 5.41) is 0. The van der Waals surface area contributed by atoms with Gasteiger partial charge in [0.05, 0.1) is 12.7 Å². The van der Waals surface area contributed by atoms with Gasteiger partial charge in [0, 0.05) is 19.1 Å². The van der Waals surface area contributed by atoms with Crippen LogP contribution in [0.1, 0.15) is 27.2 Å². The Bertz CT molecular complexity index is 114. The Morgan fingerprint density at radius 1 is 1.36 bits per heavy atom. The molecule has 66 valence electrons. The largest absolute Gasteiger partial charge is 0.377 e. The van der Waals surface area contributed by atoms with Crippen LogP contribution in [-0.4, -0.2) is 36.7 Å². The molecule has 0 amide bonds. The van der Waals surface area contributed by atoms with E-state index in [9.17, 15) is 0 Å². The van der Waals surface area contributed by atoms with E-state index in [0.29, 0.717) is 12.1 Å². The SMILES string of the molecule is CC(C)N1CCO[C@@H](C)CC1. The zero-order chi connectivity index (χ0) is 8.27. The second-order valence-corrected chi connectivity index (χ2v) is 3.60. The monoisotopic (exact) mass is 157 g/mol. The van der Waals surface area contributed by atoms with Crippen molar-refractivity contribution in [3.63, 3.8) is 0 Å². The molecule has 1 fully saturated rings. The van der Waals surface area contributed by atoms with Crippen LogP contribution < -0.4 is 0 Å². The van der Waals surface area contributed by atoms with Crippen LogP contribution in [0.5, 0.6) is 0 Å². The topological polar surface area (TPSA) is 12.5 Å². The van der Waals surface area contributed by atoms with Crippen LogP contribution in [0.25, 0.3) is 0 Å². The van der Waals surface area contributed by atoms with Crippen molar-refractivity contribution in [2.45, 2.75) is 39.3 Å². The van der Waals surface area contributed by atoms with Crippen molar-refractivity contribution in [1.82, 2.24) is 4.90 Å². The van der Waals surface area contributed by atoms with Gasteiger partial charge in [-0.15, -0.1) is 0 Å². The van der Waals surface area contributed by atoms with Crippen LogP contribution in [0.15, 0.2) is 0 Å². The summed E-state index contributed by atoms with van der Waals surface area (Å²) in [5.74, 6) is 0. The molecule has 1 rings (SSSR count). The summed E-state index contributed by atoms with van der Waals surface area (Å²) in [6.07, 6.45) is 1.64. The zero-order valence-corrected chi connectivity index (χ0v) is 7.84. The van der Waals surface area contributed by atoms with Crippen molar-refractivity contribution in [3.8, 4) is 0 Å². The highest BCUT2D eigenvalue weighted by molar-refractivity contribution is 4.68. The minimum Gasteiger partial charge on any atom is -0.377 e. The fraction of sp³-hybridized carbons (Fsp3) is 1.00. The number of hydrogen-bond donors (Lipinski definition) is 0. The number of hydrogen-bond acceptors (Lipinski definition) is 2. The maximum Gasteiger partial charge on any atom is 0.0597 e. The maximum atomic E-state index is 5.54. The molecular formula is C9H19NO. The molecule has 0 aromatic rings. The predicted octanol–water partition coefficient (Wildman–Crippen LogP) is 1.51. The molecule has 2 nitrogen and oxygen atoms in total. The standard InChI is InChI=1S/C9H19NO/c1-8(2)10-5-4-9(3)11-7-6-10/h8-9H,4-7H2,1-3H3/t9-/m0/s1. The Kier molecular flexibility index (Phi) is 3.34. The van der Waals surface area contributed by atoms with Gasteiger partial charge in [-0.05, 0) is 27.2 Å². The van der Waals surface area contributed by atoms with E-state index < -0.39 is 0 Å². The Morgan fingerprint density at radius 2 is 2.09 bits per heavy atom. The summed E-state index contributed by atoms with van der Waals surface area (Å²) in [7, 11) is 0. The third-order valence-corrected chi connectivity index (χ3v) is 2.33. The van der Waals surface area contributed by atoms with E-state index >= 15 is 0 Å². The molecule has 0 aliphatic carbocycles. The highest BCUT2D eigenvalue weighted by Gasteiger charge is 2.15. The van der Waals surface area contributed by atoms with Gasteiger partial charge in [-0.3, -0.25) is 4.90 Å². The van der Waals surface area contributed by atoms with Gasteiger partial charge in [-0.2, -0.15) is 0 Å². The zero-order valence-electron chi connectivity index (χ0n) is 7.84. The van der Waals surface area contributed by atoms with Gasteiger partial charge in [-0.25, -0.2) is 0 Å². The first kappa shape index (κ1) is 9.01. The van der Waals surface area contributed by atoms with Gasteiger partial charge in [-0.1, -0.05) is 0 Å². The van der Waals surface area contributed by atoms with E-state index in [-0.39, 0.29) is 0 Å². The first-order chi connectivity index (χ1) is 5.20. The van der Waals surface area contributed by atoms with Gasteiger partial charge < -0.3 is 4.74 Å².